The van der Waals surface area contributed by atoms with Crippen molar-refractivity contribution in [3.05, 3.63) is 11.6 Å². The average Bonchev–Trinajstić information content (AvgIpc) is 2.66. The summed E-state index contributed by atoms with van der Waals surface area (Å²) in [5, 5.41) is 10.9. The summed E-state index contributed by atoms with van der Waals surface area (Å²) in [4.78, 5) is 0. The minimum absolute atomic E-state index is 0.0575. The van der Waals surface area contributed by atoms with Gasteiger partial charge in [-0.2, -0.15) is 0 Å². The molecule has 1 N–H and O–H groups in total. The van der Waals surface area contributed by atoms with Gasteiger partial charge in [-0.15, -0.1) is 0 Å². The lowest BCUT2D eigenvalue weighted by atomic mass is 9.35. The van der Waals surface area contributed by atoms with Gasteiger partial charge in [0.05, 0.1) is 6.10 Å². The molecule has 1 unspecified atom stereocenters. The lowest BCUT2D eigenvalue weighted by Crippen LogP contribution is -2.63. The molecule has 4 saturated carbocycles. The number of rotatable bonds is 0. The first-order chi connectivity index (χ1) is 14.2. The maximum atomic E-state index is 10.9. The summed E-state index contributed by atoms with van der Waals surface area (Å²) in [7, 11) is 0. The summed E-state index contributed by atoms with van der Waals surface area (Å²) in [5.41, 5.74) is 4.07. The molecule has 0 amide bonds. The minimum atomic E-state index is -0.122. The Labute approximate surface area is 192 Å². The van der Waals surface area contributed by atoms with Gasteiger partial charge in [-0.3, -0.25) is 0 Å². The minimum Gasteiger partial charge on any atom is -0.393 e. The van der Waals surface area contributed by atoms with Gasteiger partial charge in [0, 0.05) is 0 Å². The zero-order valence-electron chi connectivity index (χ0n) is 21.9. The summed E-state index contributed by atoms with van der Waals surface area (Å²) >= 11 is 0. The van der Waals surface area contributed by atoms with Crippen LogP contribution in [0.4, 0.5) is 0 Å². The maximum absolute atomic E-state index is 10.9. The highest BCUT2D eigenvalue weighted by Crippen LogP contribution is 2.74. The van der Waals surface area contributed by atoms with Crippen LogP contribution in [0.1, 0.15) is 120 Å². The van der Waals surface area contributed by atoms with Crippen LogP contribution in [-0.4, -0.2) is 11.2 Å². The molecule has 0 aliphatic heterocycles. The van der Waals surface area contributed by atoms with Gasteiger partial charge in [0.1, 0.15) is 0 Å². The normalized spacial score (nSPS) is 55.2. The van der Waals surface area contributed by atoms with Crippen molar-refractivity contribution in [2.24, 2.45) is 50.2 Å². The average molecular weight is 427 g/mol. The van der Waals surface area contributed by atoms with E-state index in [4.69, 9.17) is 0 Å². The maximum Gasteiger partial charge on any atom is 0.0594 e. The number of aliphatic hydroxyl groups excluding tert-OH is 1. The SMILES string of the molecule is CC1(C)CC[C@]2(C)CC=C3[C@]4(C)CC[C@H]5C(C)(C)C(O)CC[C@]5(C)[C@H]4CC[C@@]3(C)[C@@H]2C1. The second kappa shape index (κ2) is 6.43. The fourth-order valence-corrected chi connectivity index (χ4v) is 10.8. The molecular formula is C30H50O. The molecule has 0 spiro atoms. The number of hydrogen-bond donors (Lipinski definition) is 1. The molecule has 5 aliphatic carbocycles. The molecule has 4 fully saturated rings. The van der Waals surface area contributed by atoms with E-state index >= 15 is 0 Å². The van der Waals surface area contributed by atoms with Gasteiger partial charge >= 0.3 is 0 Å². The molecular weight excluding hydrogens is 376 g/mol. The monoisotopic (exact) mass is 426 g/mol. The number of fused-ring (bicyclic) bond motifs is 7. The van der Waals surface area contributed by atoms with E-state index in [1.165, 1.54) is 57.8 Å². The largest absolute Gasteiger partial charge is 0.393 e. The van der Waals surface area contributed by atoms with Gasteiger partial charge < -0.3 is 5.11 Å². The lowest BCUT2D eigenvalue weighted by molar-refractivity contribution is -0.184. The van der Waals surface area contributed by atoms with Gasteiger partial charge in [-0.1, -0.05) is 67.0 Å². The first kappa shape index (κ1) is 22.5. The smallest absolute Gasteiger partial charge is 0.0594 e. The second-order valence-corrected chi connectivity index (χ2v) is 15.3. The van der Waals surface area contributed by atoms with Crippen LogP contribution in [0.3, 0.4) is 0 Å². The van der Waals surface area contributed by atoms with Gasteiger partial charge in [0.25, 0.3) is 0 Å². The van der Waals surface area contributed by atoms with Crippen molar-refractivity contribution in [3.63, 3.8) is 0 Å². The van der Waals surface area contributed by atoms with Crippen LogP contribution in [0, 0.1) is 50.2 Å². The molecule has 5 aliphatic rings. The first-order valence-electron chi connectivity index (χ1n) is 13.6. The van der Waals surface area contributed by atoms with Crippen molar-refractivity contribution in [1.29, 1.82) is 0 Å². The fraction of sp³-hybridized carbons (Fsp3) is 0.933. The van der Waals surface area contributed by atoms with Crippen molar-refractivity contribution in [2.45, 2.75) is 126 Å². The Kier molecular flexibility index (Phi) is 4.66. The molecule has 0 aromatic carbocycles. The summed E-state index contributed by atoms with van der Waals surface area (Å²) in [6.45, 7) is 20.4. The molecule has 8 atom stereocenters. The second-order valence-electron chi connectivity index (χ2n) is 15.3. The number of allylic oxidation sites excluding steroid dienone is 2. The Hall–Kier alpha value is -0.300. The van der Waals surface area contributed by atoms with E-state index < -0.39 is 0 Å². The quantitative estimate of drug-likeness (QED) is 0.387. The first-order valence-corrected chi connectivity index (χ1v) is 13.6. The predicted octanol–water partition coefficient (Wildman–Crippen LogP) is 8.17. The zero-order valence-corrected chi connectivity index (χ0v) is 21.9. The van der Waals surface area contributed by atoms with Crippen LogP contribution in [0.2, 0.25) is 0 Å². The highest BCUT2D eigenvalue weighted by molar-refractivity contribution is 5.34. The zero-order chi connectivity index (χ0) is 22.7. The number of hydrogen-bond acceptors (Lipinski definition) is 1. The molecule has 1 heteroatoms. The van der Waals surface area contributed by atoms with Crippen molar-refractivity contribution in [1.82, 2.24) is 0 Å². The lowest BCUT2D eigenvalue weighted by Gasteiger charge is -2.70. The van der Waals surface area contributed by atoms with Gasteiger partial charge in [-0.25, -0.2) is 0 Å². The van der Waals surface area contributed by atoms with Gasteiger partial charge in [0.15, 0.2) is 0 Å². The molecule has 0 aromatic heterocycles. The van der Waals surface area contributed by atoms with E-state index in [0.29, 0.717) is 33.0 Å². The van der Waals surface area contributed by atoms with E-state index in [1.54, 1.807) is 0 Å². The summed E-state index contributed by atoms with van der Waals surface area (Å²) in [6.07, 6.45) is 15.8. The van der Waals surface area contributed by atoms with Crippen LogP contribution in [0.5, 0.6) is 0 Å². The Morgan fingerprint density at radius 3 is 2.00 bits per heavy atom. The third kappa shape index (κ3) is 2.83. The molecule has 0 heterocycles. The molecule has 0 aromatic rings. The highest BCUT2D eigenvalue weighted by Gasteiger charge is 2.66. The predicted molar refractivity (Wildman–Crippen MR) is 131 cm³/mol. The molecule has 0 saturated heterocycles. The van der Waals surface area contributed by atoms with Gasteiger partial charge in [-0.05, 0) is 114 Å². The van der Waals surface area contributed by atoms with Crippen molar-refractivity contribution in [3.8, 4) is 0 Å². The van der Waals surface area contributed by atoms with E-state index in [1.807, 2.05) is 5.57 Å². The third-order valence-electron chi connectivity index (χ3n) is 12.7. The van der Waals surface area contributed by atoms with Gasteiger partial charge in [0.2, 0.25) is 0 Å². The van der Waals surface area contributed by atoms with E-state index in [0.717, 1.165) is 18.3 Å². The Morgan fingerprint density at radius 2 is 1.32 bits per heavy atom. The molecule has 0 bridgehead atoms. The van der Waals surface area contributed by atoms with E-state index in [9.17, 15) is 5.11 Å². The summed E-state index contributed by atoms with van der Waals surface area (Å²) in [5.74, 6) is 2.29. The summed E-state index contributed by atoms with van der Waals surface area (Å²) in [6, 6.07) is 0. The molecule has 31 heavy (non-hydrogen) atoms. The van der Waals surface area contributed by atoms with Crippen LogP contribution in [-0.2, 0) is 0 Å². The fourth-order valence-electron chi connectivity index (χ4n) is 10.8. The van der Waals surface area contributed by atoms with Crippen molar-refractivity contribution in [2.75, 3.05) is 0 Å². The molecule has 0 radical (unpaired) electrons. The Morgan fingerprint density at radius 1 is 0.710 bits per heavy atom. The van der Waals surface area contributed by atoms with Crippen molar-refractivity contribution >= 4 is 0 Å². The van der Waals surface area contributed by atoms with Crippen LogP contribution >= 0.6 is 0 Å². The molecule has 176 valence electrons. The molecule has 5 rings (SSSR count). The van der Waals surface area contributed by atoms with Crippen LogP contribution in [0.15, 0.2) is 11.6 Å². The van der Waals surface area contributed by atoms with E-state index in [-0.39, 0.29) is 11.5 Å². The summed E-state index contributed by atoms with van der Waals surface area (Å²) < 4.78 is 0. The van der Waals surface area contributed by atoms with Crippen molar-refractivity contribution < 1.29 is 5.11 Å². The standard InChI is InChI=1S/C30H50O/c1-25(2)17-18-27(5)13-9-21-29(7)14-10-20-26(3,4)24(31)12-16-28(20,6)22(29)11-15-30(21,8)23(27)19-25/h9,20,22-24,31H,10-19H2,1-8H3/t20-,22+,23+,24?,27-,28-,29-,30+/m0/s1. The molecule has 1 nitrogen and oxygen atoms in total. The third-order valence-corrected chi connectivity index (χ3v) is 12.7. The topological polar surface area (TPSA) is 20.2 Å². The van der Waals surface area contributed by atoms with Crippen LogP contribution < -0.4 is 0 Å². The van der Waals surface area contributed by atoms with Crippen LogP contribution in [0.25, 0.3) is 0 Å². The highest BCUT2D eigenvalue weighted by atomic mass is 16.3. The van der Waals surface area contributed by atoms with E-state index in [2.05, 4.69) is 61.5 Å². The Bertz CT molecular complexity index is 790. The number of aliphatic hydroxyl groups is 1. The Balaban J connectivity index is 1.56.